The summed E-state index contributed by atoms with van der Waals surface area (Å²) in [5.41, 5.74) is 1.78. The fourth-order valence-corrected chi connectivity index (χ4v) is 5.83. The third kappa shape index (κ3) is 7.66. The highest BCUT2D eigenvalue weighted by Gasteiger charge is 2.33. The minimum Gasteiger partial charge on any atom is -0.355 e. The molecular formula is C28H30Cl3N3O4S. The van der Waals surface area contributed by atoms with E-state index in [1.165, 1.54) is 35.2 Å². The van der Waals surface area contributed by atoms with Crippen molar-refractivity contribution in [1.82, 2.24) is 10.2 Å². The van der Waals surface area contributed by atoms with Crippen LogP contribution in [-0.2, 0) is 26.2 Å². The Morgan fingerprint density at radius 2 is 1.54 bits per heavy atom. The number of nitrogens with zero attached hydrogens (tertiary/aromatic N) is 2. The second kappa shape index (κ2) is 13.5. The van der Waals surface area contributed by atoms with Crippen molar-refractivity contribution in [2.24, 2.45) is 0 Å². The summed E-state index contributed by atoms with van der Waals surface area (Å²) in [5.74, 6) is -0.894. The molecular weight excluding hydrogens is 581 g/mol. The molecule has 0 saturated heterocycles. The van der Waals surface area contributed by atoms with Gasteiger partial charge in [0, 0.05) is 18.1 Å². The Balaban J connectivity index is 2.08. The normalized spacial score (nSPS) is 12.1. The number of sulfonamides is 1. The van der Waals surface area contributed by atoms with Crippen LogP contribution in [0.15, 0.2) is 71.6 Å². The molecule has 11 heteroatoms. The lowest BCUT2D eigenvalue weighted by Crippen LogP contribution is -2.52. The monoisotopic (exact) mass is 609 g/mol. The molecule has 208 valence electrons. The van der Waals surface area contributed by atoms with Crippen LogP contribution in [0.4, 0.5) is 5.69 Å². The Labute approximate surface area is 244 Å². The molecule has 3 aromatic carbocycles. The summed E-state index contributed by atoms with van der Waals surface area (Å²) in [4.78, 5) is 28.3. The van der Waals surface area contributed by atoms with Crippen LogP contribution < -0.4 is 9.62 Å². The lowest BCUT2D eigenvalue weighted by Gasteiger charge is -2.33. The van der Waals surface area contributed by atoms with Crippen LogP contribution in [0.25, 0.3) is 0 Å². The number of carbonyl (C=O) groups is 2. The molecule has 0 aliphatic heterocycles. The summed E-state index contributed by atoms with van der Waals surface area (Å²) in [6, 6.07) is 16.7. The van der Waals surface area contributed by atoms with Gasteiger partial charge < -0.3 is 10.2 Å². The van der Waals surface area contributed by atoms with Gasteiger partial charge in [-0.15, -0.1) is 0 Å². The first-order valence-electron chi connectivity index (χ1n) is 12.3. The highest BCUT2D eigenvalue weighted by Crippen LogP contribution is 2.31. The zero-order valence-corrected chi connectivity index (χ0v) is 24.9. The van der Waals surface area contributed by atoms with Gasteiger partial charge in [-0.3, -0.25) is 13.9 Å². The maximum Gasteiger partial charge on any atom is 0.264 e. The lowest BCUT2D eigenvalue weighted by atomic mass is 10.1. The standard InChI is InChI=1S/C28H30Cl3N3O4S/c1-4-26(28(36)32-5-2)33(17-20-8-10-21(29)11-9-20)27(35)18-34(22-12-15-24(30)25(31)16-22)39(37,38)23-13-6-19(3)7-14-23/h6-16,26H,4-5,17-18H2,1-3H3,(H,32,36)/t26-/m1/s1. The molecule has 0 heterocycles. The number of nitrogens with one attached hydrogen (secondary N) is 1. The largest absolute Gasteiger partial charge is 0.355 e. The van der Waals surface area contributed by atoms with Gasteiger partial charge in [-0.25, -0.2) is 8.42 Å². The predicted molar refractivity (Wildman–Crippen MR) is 157 cm³/mol. The van der Waals surface area contributed by atoms with Crippen molar-refractivity contribution in [3.63, 3.8) is 0 Å². The van der Waals surface area contributed by atoms with E-state index in [-0.39, 0.29) is 33.1 Å². The number of carbonyl (C=O) groups excluding carboxylic acids is 2. The first kappa shape index (κ1) is 30.8. The predicted octanol–water partition coefficient (Wildman–Crippen LogP) is 6.09. The first-order valence-corrected chi connectivity index (χ1v) is 14.9. The molecule has 0 aliphatic carbocycles. The smallest absolute Gasteiger partial charge is 0.264 e. The summed E-state index contributed by atoms with van der Waals surface area (Å²) in [6.45, 7) is 5.31. The van der Waals surface area contributed by atoms with Crippen LogP contribution in [0.3, 0.4) is 0 Å². The molecule has 39 heavy (non-hydrogen) atoms. The van der Waals surface area contributed by atoms with E-state index in [0.717, 1.165) is 15.4 Å². The zero-order valence-electron chi connectivity index (χ0n) is 21.8. The van der Waals surface area contributed by atoms with Crippen molar-refractivity contribution in [2.45, 2.75) is 44.7 Å². The molecule has 2 amide bonds. The molecule has 7 nitrogen and oxygen atoms in total. The molecule has 0 aliphatic rings. The van der Waals surface area contributed by atoms with Crippen LogP contribution in [0.2, 0.25) is 15.1 Å². The SMILES string of the molecule is CCNC(=O)[C@@H](CC)N(Cc1ccc(Cl)cc1)C(=O)CN(c1ccc(Cl)c(Cl)c1)S(=O)(=O)c1ccc(C)cc1. The van der Waals surface area contributed by atoms with Gasteiger partial charge in [0.05, 0.1) is 20.6 Å². The topological polar surface area (TPSA) is 86.8 Å². The number of anilines is 1. The molecule has 0 unspecified atom stereocenters. The lowest BCUT2D eigenvalue weighted by molar-refractivity contribution is -0.140. The minimum absolute atomic E-state index is 0.00647. The van der Waals surface area contributed by atoms with Crippen molar-refractivity contribution < 1.29 is 18.0 Å². The number of hydrogen-bond acceptors (Lipinski definition) is 4. The summed E-state index contributed by atoms with van der Waals surface area (Å²) in [7, 11) is -4.20. The molecule has 3 aromatic rings. The van der Waals surface area contributed by atoms with Crippen molar-refractivity contribution >= 4 is 62.3 Å². The summed E-state index contributed by atoms with van der Waals surface area (Å²) in [6.07, 6.45) is 0.322. The minimum atomic E-state index is -4.20. The fraction of sp³-hybridized carbons (Fsp3) is 0.286. The van der Waals surface area contributed by atoms with Gasteiger partial charge in [-0.1, -0.05) is 71.6 Å². The highest BCUT2D eigenvalue weighted by molar-refractivity contribution is 7.92. The van der Waals surface area contributed by atoms with E-state index < -0.39 is 28.5 Å². The second-order valence-corrected chi connectivity index (χ2v) is 12.0. The van der Waals surface area contributed by atoms with Crippen LogP contribution >= 0.6 is 34.8 Å². The van der Waals surface area contributed by atoms with Crippen molar-refractivity contribution in [1.29, 1.82) is 0 Å². The average molecular weight is 611 g/mol. The summed E-state index contributed by atoms with van der Waals surface area (Å²) >= 11 is 18.4. The molecule has 0 fully saturated rings. The summed E-state index contributed by atoms with van der Waals surface area (Å²) in [5, 5.41) is 3.68. The van der Waals surface area contributed by atoms with Gasteiger partial charge in [0.1, 0.15) is 12.6 Å². The Morgan fingerprint density at radius 1 is 0.897 bits per heavy atom. The number of likely N-dealkylation sites (N-methyl/N-ethyl adjacent to an activating group) is 1. The van der Waals surface area contributed by atoms with Crippen LogP contribution in [-0.4, -0.2) is 44.3 Å². The first-order chi connectivity index (χ1) is 18.5. The second-order valence-electron chi connectivity index (χ2n) is 8.89. The highest BCUT2D eigenvalue weighted by atomic mass is 35.5. The third-order valence-electron chi connectivity index (χ3n) is 6.08. The Morgan fingerprint density at radius 3 is 2.10 bits per heavy atom. The van der Waals surface area contributed by atoms with Gasteiger partial charge in [0.15, 0.2) is 0 Å². The van der Waals surface area contributed by atoms with Gasteiger partial charge >= 0.3 is 0 Å². The maximum atomic E-state index is 13.9. The molecule has 0 bridgehead atoms. The van der Waals surface area contributed by atoms with Crippen LogP contribution in [0, 0.1) is 6.92 Å². The third-order valence-corrected chi connectivity index (χ3v) is 8.86. The molecule has 3 rings (SSSR count). The molecule has 0 radical (unpaired) electrons. The number of benzene rings is 3. The van der Waals surface area contributed by atoms with E-state index >= 15 is 0 Å². The number of aryl methyl sites for hydroxylation is 1. The molecule has 0 spiro atoms. The average Bonchev–Trinajstić information content (AvgIpc) is 2.90. The van der Waals surface area contributed by atoms with E-state index in [1.54, 1.807) is 50.2 Å². The van der Waals surface area contributed by atoms with E-state index in [0.29, 0.717) is 18.0 Å². The number of halogens is 3. The fourth-order valence-electron chi connectivity index (χ4n) is 4.00. The van der Waals surface area contributed by atoms with E-state index in [9.17, 15) is 18.0 Å². The Kier molecular flexibility index (Phi) is 10.7. The maximum absolute atomic E-state index is 13.9. The number of hydrogen-bond donors (Lipinski definition) is 1. The van der Waals surface area contributed by atoms with E-state index in [4.69, 9.17) is 34.8 Å². The van der Waals surface area contributed by atoms with Gasteiger partial charge in [-0.2, -0.15) is 0 Å². The van der Waals surface area contributed by atoms with Gasteiger partial charge in [0.2, 0.25) is 11.8 Å². The Bertz CT molecular complexity index is 1410. The molecule has 0 aromatic heterocycles. The van der Waals surface area contributed by atoms with Crippen LogP contribution in [0.1, 0.15) is 31.4 Å². The van der Waals surface area contributed by atoms with Crippen molar-refractivity contribution in [3.05, 3.63) is 92.9 Å². The van der Waals surface area contributed by atoms with Gasteiger partial charge in [0.25, 0.3) is 10.0 Å². The quantitative estimate of drug-likeness (QED) is 0.285. The zero-order chi connectivity index (χ0) is 28.7. The van der Waals surface area contributed by atoms with E-state index in [1.807, 2.05) is 6.92 Å². The van der Waals surface area contributed by atoms with Gasteiger partial charge in [-0.05, 0) is 68.3 Å². The Hall–Kier alpha value is -2.78. The molecule has 1 N–H and O–H groups in total. The van der Waals surface area contributed by atoms with Crippen LogP contribution in [0.5, 0.6) is 0 Å². The number of rotatable bonds is 11. The van der Waals surface area contributed by atoms with E-state index in [2.05, 4.69) is 5.32 Å². The van der Waals surface area contributed by atoms with Crippen molar-refractivity contribution in [3.8, 4) is 0 Å². The molecule has 0 saturated carbocycles. The molecule has 1 atom stereocenters. The van der Waals surface area contributed by atoms with Crippen molar-refractivity contribution in [2.75, 3.05) is 17.4 Å². The number of amides is 2. The summed E-state index contributed by atoms with van der Waals surface area (Å²) < 4.78 is 28.7.